The number of carbonyl (C=O) groups excluding carboxylic acids is 1. The van der Waals surface area contributed by atoms with Crippen molar-refractivity contribution in [1.82, 2.24) is 5.32 Å². The van der Waals surface area contributed by atoms with Crippen molar-refractivity contribution in [2.24, 2.45) is 0 Å². The first kappa shape index (κ1) is 17.0. The van der Waals surface area contributed by atoms with Crippen LogP contribution in [0.3, 0.4) is 0 Å². The van der Waals surface area contributed by atoms with Crippen molar-refractivity contribution in [3.8, 4) is 0 Å². The molecule has 1 heterocycles. The molecule has 0 saturated carbocycles. The molecule has 2 rings (SSSR count). The van der Waals surface area contributed by atoms with Gasteiger partial charge in [0.15, 0.2) is 9.84 Å². The summed E-state index contributed by atoms with van der Waals surface area (Å²) in [6.07, 6.45) is 2.43. The van der Waals surface area contributed by atoms with Crippen molar-refractivity contribution >= 4 is 15.7 Å². The second-order valence-corrected chi connectivity index (χ2v) is 7.71. The summed E-state index contributed by atoms with van der Waals surface area (Å²) in [5, 5.41) is 2.86. The van der Waals surface area contributed by atoms with Gasteiger partial charge in [0.05, 0.1) is 28.4 Å². The molecule has 1 aromatic carbocycles. The first-order valence-corrected chi connectivity index (χ1v) is 9.35. The smallest absolute Gasteiger partial charge is 0.252 e. The fourth-order valence-electron chi connectivity index (χ4n) is 2.68. The van der Waals surface area contributed by atoms with Gasteiger partial charge in [-0.3, -0.25) is 4.79 Å². The minimum Gasteiger partial charge on any atom is -0.376 e. The van der Waals surface area contributed by atoms with E-state index in [0.29, 0.717) is 13.0 Å². The molecule has 1 fully saturated rings. The minimum absolute atomic E-state index is 0.00311. The highest BCUT2D eigenvalue weighted by Crippen LogP contribution is 2.19. The molecule has 22 heavy (non-hydrogen) atoms. The number of sulfone groups is 1. The number of nitrogens with one attached hydrogen (secondary N) is 1. The van der Waals surface area contributed by atoms with Gasteiger partial charge in [0.2, 0.25) is 0 Å². The number of benzene rings is 1. The third kappa shape index (κ3) is 3.87. The van der Waals surface area contributed by atoms with E-state index in [4.69, 9.17) is 4.74 Å². The molecule has 6 heteroatoms. The van der Waals surface area contributed by atoms with Gasteiger partial charge < -0.3 is 10.1 Å². The lowest BCUT2D eigenvalue weighted by Crippen LogP contribution is -2.41. The van der Waals surface area contributed by atoms with Gasteiger partial charge in [-0.25, -0.2) is 8.42 Å². The van der Waals surface area contributed by atoms with Gasteiger partial charge in [-0.15, -0.1) is 0 Å². The van der Waals surface area contributed by atoms with Crippen LogP contribution in [0.25, 0.3) is 0 Å². The monoisotopic (exact) mass is 325 g/mol. The molecule has 1 aliphatic heterocycles. The van der Waals surface area contributed by atoms with E-state index in [1.807, 2.05) is 6.92 Å². The molecule has 1 amide bonds. The van der Waals surface area contributed by atoms with Crippen LogP contribution in [-0.2, 0) is 14.6 Å². The van der Waals surface area contributed by atoms with Gasteiger partial charge in [-0.05, 0) is 38.3 Å². The summed E-state index contributed by atoms with van der Waals surface area (Å²) >= 11 is 0. The zero-order valence-corrected chi connectivity index (χ0v) is 13.9. The van der Waals surface area contributed by atoms with Crippen LogP contribution in [0.4, 0.5) is 0 Å². The first-order valence-electron chi connectivity index (χ1n) is 7.70. The van der Waals surface area contributed by atoms with Gasteiger partial charge in [0.1, 0.15) is 0 Å². The fourth-order valence-corrected chi connectivity index (χ4v) is 4.22. The second-order valence-electron chi connectivity index (χ2n) is 5.63. The predicted octanol–water partition coefficient (Wildman–Crippen LogP) is 2.17. The molecule has 0 spiro atoms. The third-order valence-electron chi connectivity index (χ3n) is 3.82. The summed E-state index contributed by atoms with van der Waals surface area (Å²) in [6, 6.07) is 6.23. The number of ether oxygens (including phenoxy) is 1. The largest absolute Gasteiger partial charge is 0.376 e. The van der Waals surface area contributed by atoms with Crippen LogP contribution in [0.2, 0.25) is 0 Å². The SMILES string of the molecule is CCCS(=O)(=O)c1ccccc1C(=O)N[C@@H](C)[C@@H]1CCCO1. The van der Waals surface area contributed by atoms with Crippen molar-refractivity contribution in [1.29, 1.82) is 0 Å². The van der Waals surface area contributed by atoms with E-state index in [2.05, 4.69) is 5.32 Å². The van der Waals surface area contributed by atoms with Gasteiger partial charge in [0, 0.05) is 6.61 Å². The quantitative estimate of drug-likeness (QED) is 0.870. The fraction of sp³-hybridized carbons (Fsp3) is 0.562. The normalized spacial score (nSPS) is 19.8. The lowest BCUT2D eigenvalue weighted by Gasteiger charge is -2.20. The van der Waals surface area contributed by atoms with Crippen LogP contribution in [0.5, 0.6) is 0 Å². The Morgan fingerprint density at radius 2 is 2.14 bits per heavy atom. The summed E-state index contributed by atoms with van der Waals surface area (Å²) in [4.78, 5) is 12.6. The zero-order chi connectivity index (χ0) is 16.2. The average molecular weight is 325 g/mol. The molecule has 1 N–H and O–H groups in total. The molecular weight excluding hydrogens is 302 g/mol. The van der Waals surface area contributed by atoms with Crippen LogP contribution in [0, 0.1) is 0 Å². The summed E-state index contributed by atoms with van der Waals surface area (Å²) in [7, 11) is -3.43. The Bertz CT molecular complexity index is 621. The molecule has 0 aliphatic carbocycles. The van der Waals surface area contributed by atoms with Crippen LogP contribution in [-0.4, -0.2) is 38.8 Å². The Balaban J connectivity index is 2.19. The molecule has 0 bridgehead atoms. The van der Waals surface area contributed by atoms with Crippen molar-refractivity contribution in [3.63, 3.8) is 0 Å². The number of amides is 1. The predicted molar refractivity (Wildman–Crippen MR) is 84.7 cm³/mol. The second kappa shape index (κ2) is 7.24. The lowest BCUT2D eigenvalue weighted by atomic mass is 10.1. The van der Waals surface area contributed by atoms with Crippen LogP contribution in [0.1, 0.15) is 43.5 Å². The Kier molecular flexibility index (Phi) is 5.58. The number of hydrogen-bond acceptors (Lipinski definition) is 4. The van der Waals surface area contributed by atoms with Crippen LogP contribution >= 0.6 is 0 Å². The Morgan fingerprint density at radius 3 is 2.77 bits per heavy atom. The zero-order valence-electron chi connectivity index (χ0n) is 13.0. The first-order chi connectivity index (χ1) is 10.5. The number of carbonyl (C=O) groups is 1. The Hall–Kier alpha value is -1.40. The van der Waals surface area contributed by atoms with Gasteiger partial charge in [-0.1, -0.05) is 19.1 Å². The topological polar surface area (TPSA) is 72.5 Å². The summed E-state index contributed by atoms with van der Waals surface area (Å²) in [5.74, 6) is -0.322. The minimum atomic E-state index is -3.43. The van der Waals surface area contributed by atoms with E-state index >= 15 is 0 Å². The van der Waals surface area contributed by atoms with Gasteiger partial charge >= 0.3 is 0 Å². The maximum atomic E-state index is 12.5. The summed E-state index contributed by atoms with van der Waals surface area (Å²) < 4.78 is 30.1. The van der Waals surface area contributed by atoms with Crippen molar-refractivity contribution in [2.75, 3.05) is 12.4 Å². The molecular formula is C16H23NO4S. The molecule has 5 nitrogen and oxygen atoms in total. The molecule has 1 aromatic rings. The molecule has 0 unspecified atom stereocenters. The Morgan fingerprint density at radius 1 is 1.41 bits per heavy atom. The summed E-state index contributed by atoms with van der Waals surface area (Å²) in [5.41, 5.74) is 0.209. The average Bonchev–Trinajstić information content (AvgIpc) is 3.01. The van der Waals surface area contributed by atoms with Crippen LogP contribution < -0.4 is 5.32 Å². The van der Waals surface area contributed by atoms with E-state index in [1.165, 1.54) is 6.07 Å². The number of hydrogen-bond donors (Lipinski definition) is 1. The van der Waals surface area contributed by atoms with E-state index < -0.39 is 9.84 Å². The van der Waals surface area contributed by atoms with Gasteiger partial charge in [-0.2, -0.15) is 0 Å². The van der Waals surface area contributed by atoms with E-state index in [1.54, 1.807) is 25.1 Å². The maximum absolute atomic E-state index is 12.5. The summed E-state index contributed by atoms with van der Waals surface area (Å²) in [6.45, 7) is 4.41. The van der Waals surface area contributed by atoms with E-state index in [-0.39, 0.29) is 34.3 Å². The molecule has 122 valence electrons. The highest BCUT2D eigenvalue weighted by Gasteiger charge is 2.26. The van der Waals surface area contributed by atoms with Crippen molar-refractivity contribution < 1.29 is 17.9 Å². The standard InChI is InChI=1S/C16H23NO4S/c1-3-11-22(19,20)15-9-5-4-7-13(15)16(18)17-12(2)14-8-6-10-21-14/h4-5,7,9,12,14H,3,6,8,10-11H2,1-2H3,(H,17,18)/t12-,14-/m0/s1. The molecule has 1 saturated heterocycles. The van der Waals surface area contributed by atoms with Crippen molar-refractivity contribution in [2.45, 2.75) is 50.2 Å². The van der Waals surface area contributed by atoms with Gasteiger partial charge in [0.25, 0.3) is 5.91 Å². The molecule has 0 aromatic heterocycles. The molecule has 0 radical (unpaired) electrons. The maximum Gasteiger partial charge on any atom is 0.252 e. The molecule has 1 aliphatic rings. The number of rotatable bonds is 6. The van der Waals surface area contributed by atoms with E-state index in [9.17, 15) is 13.2 Å². The van der Waals surface area contributed by atoms with Crippen molar-refractivity contribution in [3.05, 3.63) is 29.8 Å². The van der Waals surface area contributed by atoms with Crippen LogP contribution in [0.15, 0.2) is 29.2 Å². The van der Waals surface area contributed by atoms with E-state index in [0.717, 1.165) is 12.8 Å². The highest BCUT2D eigenvalue weighted by molar-refractivity contribution is 7.91. The molecule has 2 atom stereocenters. The Labute approximate surface area is 132 Å². The lowest BCUT2D eigenvalue weighted by molar-refractivity contribution is 0.0710. The highest BCUT2D eigenvalue weighted by atomic mass is 32.2. The third-order valence-corrected chi connectivity index (χ3v) is 5.79.